The number of carbonyl (C=O) groups excluding carboxylic acids is 6. The van der Waals surface area contributed by atoms with Gasteiger partial charge in [0, 0.05) is 40.0 Å². The second-order valence-corrected chi connectivity index (χ2v) is 13.9. The predicted octanol–water partition coefficient (Wildman–Crippen LogP) is 2.15. The number of hydrogen-bond donors (Lipinski definition) is 2. The Balaban J connectivity index is 2.05. The Morgan fingerprint density at radius 3 is 2.04 bits per heavy atom. The first-order valence-electron chi connectivity index (χ1n) is 16.8. The van der Waals surface area contributed by atoms with Gasteiger partial charge in [-0.15, -0.1) is 0 Å². The summed E-state index contributed by atoms with van der Waals surface area (Å²) in [7, 11) is 3.04. The maximum atomic E-state index is 14.2. The SMILES string of the molecule is CC(C)C[C@@H]1OC(=O)[C@H]2CCCN2C(=O)CCNC(=O)[C@@H](Cc2ccccc2)NC(=O)[C@@H](C(C)C)N(C)C(=O)[C@@H](C(C)C)N(C)C1=O. The van der Waals surface area contributed by atoms with Crippen LogP contribution in [0.3, 0.4) is 0 Å². The van der Waals surface area contributed by atoms with E-state index in [1.165, 1.54) is 28.8 Å². The molecule has 3 rings (SSSR count). The van der Waals surface area contributed by atoms with Crippen LogP contribution in [0.4, 0.5) is 0 Å². The highest BCUT2D eigenvalue weighted by atomic mass is 16.6. The van der Waals surface area contributed by atoms with Crippen LogP contribution in [0.2, 0.25) is 0 Å². The fraction of sp³-hybridized carbons (Fsp3) is 0.657. The smallest absolute Gasteiger partial charge is 0.329 e. The van der Waals surface area contributed by atoms with Gasteiger partial charge in [0.1, 0.15) is 24.2 Å². The lowest BCUT2D eigenvalue weighted by Crippen LogP contribution is -2.60. The number of likely N-dealkylation sites (N-methyl/N-ethyl adjacent to an activating group) is 2. The fourth-order valence-electron chi connectivity index (χ4n) is 6.57. The number of fused-ring (bicyclic) bond motifs is 1. The zero-order chi connectivity index (χ0) is 35.0. The van der Waals surface area contributed by atoms with Crippen molar-refractivity contribution in [3.8, 4) is 0 Å². The molecule has 0 unspecified atom stereocenters. The molecule has 2 aliphatic rings. The van der Waals surface area contributed by atoms with Crippen molar-refractivity contribution in [1.29, 1.82) is 0 Å². The molecule has 5 atom stereocenters. The first kappa shape index (κ1) is 37.5. The Labute approximate surface area is 278 Å². The van der Waals surface area contributed by atoms with E-state index < -0.39 is 59.9 Å². The summed E-state index contributed by atoms with van der Waals surface area (Å²) < 4.78 is 5.84. The minimum absolute atomic E-state index is 0.00157. The Bertz CT molecular complexity index is 1280. The molecule has 2 saturated heterocycles. The summed E-state index contributed by atoms with van der Waals surface area (Å²) >= 11 is 0. The van der Waals surface area contributed by atoms with E-state index in [4.69, 9.17) is 4.74 Å². The summed E-state index contributed by atoms with van der Waals surface area (Å²) in [6.07, 6.45) is 0.205. The number of amides is 5. The molecule has 0 spiro atoms. The van der Waals surface area contributed by atoms with Gasteiger partial charge >= 0.3 is 5.97 Å². The number of carbonyl (C=O) groups is 6. The highest BCUT2D eigenvalue weighted by Crippen LogP contribution is 2.24. The standard InChI is InChI=1S/C35H53N5O7/c1-21(2)19-27-33(44)39(8)30(23(5)6)34(45)38(7)29(22(3)4)32(43)37-25(20-24-13-10-9-11-14-24)31(42)36-17-16-28(41)40-18-12-15-26(40)35(46)47-27/h9-11,13-14,21-23,25-27,29-30H,12,15-20H2,1-8H3,(H,36,42)(H,37,43)/t25-,26-,27+,29-,30-/m1/s1. The summed E-state index contributed by atoms with van der Waals surface area (Å²) in [6, 6.07) is 5.49. The summed E-state index contributed by atoms with van der Waals surface area (Å²) in [6.45, 7) is 11.4. The Morgan fingerprint density at radius 1 is 0.830 bits per heavy atom. The van der Waals surface area contributed by atoms with Crippen molar-refractivity contribution in [3.05, 3.63) is 35.9 Å². The molecule has 2 fully saturated rings. The van der Waals surface area contributed by atoms with Crippen molar-refractivity contribution in [2.24, 2.45) is 17.8 Å². The Kier molecular flexibility index (Phi) is 13.4. The zero-order valence-electron chi connectivity index (χ0n) is 29.2. The number of nitrogens with one attached hydrogen (secondary N) is 2. The largest absolute Gasteiger partial charge is 0.451 e. The molecule has 47 heavy (non-hydrogen) atoms. The normalized spacial score (nSPS) is 26.2. The third kappa shape index (κ3) is 9.54. The zero-order valence-corrected chi connectivity index (χ0v) is 29.2. The van der Waals surface area contributed by atoms with Crippen molar-refractivity contribution in [2.45, 2.75) is 104 Å². The molecule has 0 aromatic heterocycles. The lowest BCUT2D eigenvalue weighted by Gasteiger charge is -2.38. The second kappa shape index (κ2) is 16.7. The van der Waals surface area contributed by atoms with Crippen LogP contribution < -0.4 is 10.6 Å². The molecule has 5 amide bonds. The van der Waals surface area contributed by atoms with Crippen LogP contribution in [0.15, 0.2) is 30.3 Å². The number of benzene rings is 1. The lowest BCUT2D eigenvalue weighted by molar-refractivity contribution is -0.168. The van der Waals surface area contributed by atoms with Crippen molar-refractivity contribution in [3.63, 3.8) is 0 Å². The molecule has 1 aromatic carbocycles. The van der Waals surface area contributed by atoms with Gasteiger partial charge in [-0.3, -0.25) is 24.0 Å². The minimum Gasteiger partial charge on any atom is -0.451 e. The van der Waals surface area contributed by atoms with Crippen LogP contribution >= 0.6 is 0 Å². The molecule has 1 aromatic rings. The van der Waals surface area contributed by atoms with Gasteiger partial charge in [0.25, 0.3) is 5.91 Å². The van der Waals surface area contributed by atoms with Crippen LogP contribution in [-0.4, -0.2) is 108 Å². The summed E-state index contributed by atoms with van der Waals surface area (Å²) in [5, 5.41) is 5.66. The summed E-state index contributed by atoms with van der Waals surface area (Å²) in [5.41, 5.74) is 0.822. The number of hydrogen-bond acceptors (Lipinski definition) is 7. The Morgan fingerprint density at radius 2 is 1.45 bits per heavy atom. The molecular formula is C35H53N5O7. The highest BCUT2D eigenvalue weighted by Gasteiger charge is 2.42. The molecule has 0 bridgehead atoms. The molecule has 12 nitrogen and oxygen atoms in total. The fourth-order valence-corrected chi connectivity index (χ4v) is 6.57. The highest BCUT2D eigenvalue weighted by molar-refractivity contribution is 5.95. The van der Waals surface area contributed by atoms with Gasteiger partial charge in [0.15, 0.2) is 6.10 Å². The lowest BCUT2D eigenvalue weighted by atomic mass is 9.95. The first-order valence-corrected chi connectivity index (χ1v) is 16.8. The van der Waals surface area contributed by atoms with Crippen LogP contribution in [0.5, 0.6) is 0 Å². The topological polar surface area (TPSA) is 145 Å². The van der Waals surface area contributed by atoms with Crippen molar-refractivity contribution in [1.82, 2.24) is 25.3 Å². The van der Waals surface area contributed by atoms with E-state index in [2.05, 4.69) is 10.6 Å². The first-order chi connectivity index (χ1) is 22.1. The molecule has 2 aliphatic heterocycles. The van der Waals surface area contributed by atoms with Gasteiger partial charge in [-0.05, 0) is 42.6 Å². The maximum Gasteiger partial charge on any atom is 0.329 e. The van der Waals surface area contributed by atoms with Gasteiger partial charge in [0.2, 0.25) is 23.6 Å². The molecule has 0 radical (unpaired) electrons. The van der Waals surface area contributed by atoms with Gasteiger partial charge in [-0.25, -0.2) is 4.79 Å². The third-order valence-electron chi connectivity index (χ3n) is 8.93. The molecule has 2 heterocycles. The van der Waals surface area contributed by atoms with E-state index in [9.17, 15) is 28.8 Å². The van der Waals surface area contributed by atoms with E-state index in [1.54, 1.807) is 0 Å². The predicted molar refractivity (Wildman–Crippen MR) is 177 cm³/mol. The average molecular weight is 656 g/mol. The maximum absolute atomic E-state index is 14.2. The van der Waals surface area contributed by atoms with E-state index >= 15 is 0 Å². The monoisotopic (exact) mass is 655 g/mol. The molecular weight excluding hydrogens is 602 g/mol. The summed E-state index contributed by atoms with van der Waals surface area (Å²) in [4.78, 5) is 86.5. The minimum atomic E-state index is -1.16. The molecule has 2 N–H and O–H groups in total. The van der Waals surface area contributed by atoms with Crippen molar-refractivity contribution in [2.75, 3.05) is 27.2 Å². The van der Waals surface area contributed by atoms with Crippen LogP contribution in [-0.2, 0) is 39.9 Å². The van der Waals surface area contributed by atoms with E-state index in [-0.39, 0.29) is 49.5 Å². The van der Waals surface area contributed by atoms with E-state index in [1.807, 2.05) is 71.9 Å². The van der Waals surface area contributed by atoms with Crippen molar-refractivity contribution >= 4 is 35.5 Å². The molecule has 12 heteroatoms. The van der Waals surface area contributed by atoms with Gasteiger partial charge < -0.3 is 30.1 Å². The number of esters is 1. The quantitative estimate of drug-likeness (QED) is 0.447. The third-order valence-corrected chi connectivity index (χ3v) is 8.93. The summed E-state index contributed by atoms with van der Waals surface area (Å²) in [5.74, 6) is -3.63. The number of nitrogens with zero attached hydrogens (tertiary/aromatic N) is 3. The van der Waals surface area contributed by atoms with E-state index in [0.717, 1.165) is 5.56 Å². The van der Waals surface area contributed by atoms with Crippen LogP contribution in [0, 0.1) is 17.8 Å². The van der Waals surface area contributed by atoms with E-state index in [0.29, 0.717) is 19.4 Å². The molecule has 0 aliphatic carbocycles. The second-order valence-electron chi connectivity index (χ2n) is 13.9. The van der Waals surface area contributed by atoms with Crippen LogP contribution in [0.1, 0.15) is 72.8 Å². The van der Waals surface area contributed by atoms with Gasteiger partial charge in [-0.2, -0.15) is 0 Å². The number of cyclic esters (lactones) is 1. The average Bonchev–Trinajstić information content (AvgIpc) is 3.50. The van der Waals surface area contributed by atoms with Crippen molar-refractivity contribution < 1.29 is 33.5 Å². The molecule has 260 valence electrons. The molecule has 0 saturated carbocycles. The Hall–Kier alpha value is -3.96. The van der Waals surface area contributed by atoms with Crippen LogP contribution in [0.25, 0.3) is 0 Å². The van der Waals surface area contributed by atoms with Gasteiger partial charge in [0.05, 0.1) is 0 Å². The number of rotatable bonds is 6. The number of ether oxygens (including phenoxy) is 1. The van der Waals surface area contributed by atoms with Gasteiger partial charge in [-0.1, -0.05) is 71.9 Å².